The van der Waals surface area contributed by atoms with Crippen LogP contribution in [-0.4, -0.2) is 32.7 Å². The zero-order valence-corrected chi connectivity index (χ0v) is 22.0. The van der Waals surface area contributed by atoms with E-state index in [1.165, 1.54) is 17.8 Å². The molecular weight excluding hydrogens is 549 g/mol. The molecular formula is C22H22BrCl2N5O2S. The van der Waals surface area contributed by atoms with Crippen LogP contribution in [0.1, 0.15) is 41.6 Å². The number of hydrogen-bond donors (Lipinski definition) is 3. The summed E-state index contributed by atoms with van der Waals surface area (Å²) in [6, 6.07) is 9.92. The van der Waals surface area contributed by atoms with Gasteiger partial charge in [0.15, 0.2) is 0 Å². The third-order valence-corrected chi connectivity index (χ3v) is 6.59. The van der Waals surface area contributed by atoms with Crippen LogP contribution in [-0.2, 0) is 4.79 Å². The minimum Gasteiger partial charge on any atom is -0.342 e. The van der Waals surface area contributed by atoms with Gasteiger partial charge in [-0.25, -0.2) is 4.98 Å². The summed E-state index contributed by atoms with van der Waals surface area (Å²) in [6.45, 7) is 5.84. The first-order chi connectivity index (χ1) is 15.6. The topological polar surface area (TPSA) is 99.8 Å². The van der Waals surface area contributed by atoms with Crippen LogP contribution in [0.2, 0.25) is 10.0 Å². The van der Waals surface area contributed by atoms with Crippen molar-refractivity contribution in [3.8, 4) is 0 Å². The lowest BCUT2D eigenvalue weighted by atomic mass is 10.0. The first-order valence-electron chi connectivity index (χ1n) is 10.0. The molecule has 0 aliphatic carbocycles. The average Bonchev–Trinajstić information content (AvgIpc) is 3.21. The summed E-state index contributed by atoms with van der Waals surface area (Å²) in [5, 5.41) is 14.0. The van der Waals surface area contributed by atoms with Gasteiger partial charge in [-0.3, -0.25) is 14.7 Å². The summed E-state index contributed by atoms with van der Waals surface area (Å²) >= 11 is 16.7. The molecule has 0 saturated heterocycles. The van der Waals surface area contributed by atoms with Crippen molar-refractivity contribution < 1.29 is 9.59 Å². The molecule has 3 rings (SSSR count). The molecule has 0 aliphatic heterocycles. The summed E-state index contributed by atoms with van der Waals surface area (Å²) in [4.78, 5) is 29.6. The molecule has 0 saturated carbocycles. The van der Waals surface area contributed by atoms with Gasteiger partial charge in [-0.2, -0.15) is 0 Å². The Kier molecular flexibility index (Phi) is 8.81. The number of H-pyrrole nitrogens is 1. The van der Waals surface area contributed by atoms with E-state index in [1.807, 2.05) is 39.0 Å². The molecule has 0 radical (unpaired) electrons. The average molecular weight is 571 g/mol. The highest BCUT2D eigenvalue weighted by Gasteiger charge is 2.24. The quantitative estimate of drug-likeness (QED) is 0.287. The molecule has 1 heterocycles. The lowest BCUT2D eigenvalue weighted by Crippen LogP contribution is -2.32. The van der Waals surface area contributed by atoms with E-state index >= 15 is 0 Å². The minimum atomic E-state index is -0.426. The van der Waals surface area contributed by atoms with E-state index in [-0.39, 0.29) is 28.5 Å². The number of thioether (sulfide) groups is 1. The van der Waals surface area contributed by atoms with Gasteiger partial charge in [0.05, 0.1) is 22.4 Å². The fraction of sp³-hybridized carbons (Fsp3) is 0.273. The number of nitrogens with zero attached hydrogens (tertiary/aromatic N) is 2. The number of halogens is 3. The van der Waals surface area contributed by atoms with Gasteiger partial charge in [-0.05, 0) is 54.8 Å². The number of nitrogens with one attached hydrogen (secondary N) is 3. The third kappa shape index (κ3) is 6.96. The molecule has 0 bridgehead atoms. The third-order valence-electron chi connectivity index (χ3n) is 4.70. The van der Waals surface area contributed by atoms with E-state index in [0.29, 0.717) is 21.6 Å². The van der Waals surface area contributed by atoms with Crippen molar-refractivity contribution in [2.75, 3.05) is 11.1 Å². The highest BCUT2D eigenvalue weighted by atomic mass is 79.9. The first-order valence-corrected chi connectivity index (χ1v) is 12.5. The number of carbonyl (C=O) groups is 2. The number of amides is 2. The first kappa shape index (κ1) is 25.6. The Labute approximate surface area is 214 Å². The van der Waals surface area contributed by atoms with Crippen molar-refractivity contribution in [2.45, 2.75) is 32.0 Å². The van der Waals surface area contributed by atoms with Crippen LogP contribution >= 0.6 is 50.9 Å². The molecule has 0 unspecified atom stereocenters. The zero-order chi connectivity index (χ0) is 24.1. The summed E-state index contributed by atoms with van der Waals surface area (Å²) in [6.07, 6.45) is 0. The highest BCUT2D eigenvalue weighted by molar-refractivity contribution is 9.10. The maximum Gasteiger partial charge on any atom is 0.253 e. The van der Waals surface area contributed by atoms with Crippen molar-refractivity contribution in [3.63, 3.8) is 0 Å². The van der Waals surface area contributed by atoms with Crippen molar-refractivity contribution >= 4 is 68.4 Å². The van der Waals surface area contributed by atoms with Crippen LogP contribution in [0.4, 0.5) is 5.69 Å². The number of carbonyl (C=O) groups excluding carboxylic acids is 2. The number of aromatic nitrogens is 3. The summed E-state index contributed by atoms with van der Waals surface area (Å²) in [5.74, 6) is 0.156. The molecule has 7 nitrogen and oxygen atoms in total. The minimum absolute atomic E-state index is 0.0227. The zero-order valence-electron chi connectivity index (χ0n) is 18.1. The molecule has 2 amide bonds. The second-order valence-corrected chi connectivity index (χ2v) is 10.3. The molecule has 0 aliphatic rings. The standard InChI is InChI=1S/C22H22BrCl2N5O2S/c1-11(2)19(27-21(32)15-6-5-14(24)9-16(15)25)20-28-22(30-29-20)33-10-18(31)26-17-7-4-13(23)8-12(17)3/h4-9,11,19H,10H2,1-3H3,(H,26,31)(H,27,32)(H,28,29,30)/t19-/m0/s1. The van der Waals surface area contributed by atoms with Crippen LogP contribution < -0.4 is 10.6 Å². The smallest absolute Gasteiger partial charge is 0.253 e. The van der Waals surface area contributed by atoms with E-state index in [0.717, 1.165) is 15.7 Å². The molecule has 1 aromatic heterocycles. The number of hydrogen-bond acceptors (Lipinski definition) is 5. The molecule has 0 fully saturated rings. The van der Waals surface area contributed by atoms with Crippen LogP contribution in [0.25, 0.3) is 0 Å². The fourth-order valence-corrected chi connectivity index (χ4v) is 4.56. The molecule has 33 heavy (non-hydrogen) atoms. The SMILES string of the molecule is Cc1cc(Br)ccc1NC(=O)CSc1n[nH]c([C@@H](NC(=O)c2ccc(Cl)cc2Cl)C(C)C)n1. The number of anilines is 1. The van der Waals surface area contributed by atoms with E-state index < -0.39 is 6.04 Å². The van der Waals surface area contributed by atoms with E-state index in [1.54, 1.807) is 12.1 Å². The Bertz CT molecular complexity index is 1170. The van der Waals surface area contributed by atoms with Gasteiger partial charge in [-0.15, -0.1) is 5.10 Å². The van der Waals surface area contributed by atoms with Crippen molar-refractivity contribution in [1.29, 1.82) is 0 Å². The van der Waals surface area contributed by atoms with Crippen molar-refractivity contribution in [2.24, 2.45) is 5.92 Å². The lowest BCUT2D eigenvalue weighted by molar-refractivity contribution is -0.113. The monoisotopic (exact) mass is 569 g/mol. The molecule has 11 heteroatoms. The second kappa shape index (κ2) is 11.4. The van der Waals surface area contributed by atoms with Crippen LogP contribution in [0.5, 0.6) is 0 Å². The van der Waals surface area contributed by atoms with Gasteiger partial charge in [0, 0.05) is 15.2 Å². The van der Waals surface area contributed by atoms with Gasteiger partial charge in [0.2, 0.25) is 11.1 Å². The number of benzene rings is 2. The van der Waals surface area contributed by atoms with Crippen molar-refractivity contribution in [3.05, 3.63) is 67.9 Å². The molecule has 174 valence electrons. The van der Waals surface area contributed by atoms with Crippen LogP contribution in [0.3, 0.4) is 0 Å². The summed E-state index contributed by atoms with van der Waals surface area (Å²) < 4.78 is 0.950. The van der Waals surface area contributed by atoms with Crippen molar-refractivity contribution in [1.82, 2.24) is 20.5 Å². The lowest BCUT2D eigenvalue weighted by Gasteiger charge is -2.20. The van der Waals surface area contributed by atoms with Gasteiger partial charge >= 0.3 is 0 Å². The molecule has 3 aromatic rings. The van der Waals surface area contributed by atoms with Gasteiger partial charge in [0.1, 0.15) is 5.82 Å². The Balaban J connectivity index is 1.62. The van der Waals surface area contributed by atoms with E-state index in [2.05, 4.69) is 41.7 Å². The fourth-order valence-electron chi connectivity index (χ4n) is 2.99. The molecule has 2 aromatic carbocycles. The maximum absolute atomic E-state index is 12.7. The molecule has 0 spiro atoms. The predicted octanol–water partition coefficient (Wildman–Crippen LogP) is 6.04. The Hall–Kier alpha value is -2.07. The number of aromatic amines is 1. The second-order valence-electron chi connectivity index (χ2n) is 7.62. The molecule has 3 N–H and O–H groups in total. The Morgan fingerprint density at radius 1 is 1.18 bits per heavy atom. The number of aryl methyl sites for hydroxylation is 1. The van der Waals surface area contributed by atoms with Gasteiger partial charge in [0.25, 0.3) is 5.91 Å². The van der Waals surface area contributed by atoms with Gasteiger partial charge < -0.3 is 10.6 Å². The normalized spacial score (nSPS) is 12.0. The predicted molar refractivity (Wildman–Crippen MR) is 136 cm³/mol. The van der Waals surface area contributed by atoms with E-state index in [4.69, 9.17) is 23.2 Å². The summed E-state index contributed by atoms with van der Waals surface area (Å²) in [5.41, 5.74) is 2.03. The summed E-state index contributed by atoms with van der Waals surface area (Å²) in [7, 11) is 0. The van der Waals surface area contributed by atoms with E-state index in [9.17, 15) is 9.59 Å². The molecule has 1 atom stereocenters. The Morgan fingerprint density at radius 3 is 2.61 bits per heavy atom. The largest absolute Gasteiger partial charge is 0.342 e. The Morgan fingerprint density at radius 2 is 1.94 bits per heavy atom. The van der Waals surface area contributed by atoms with Gasteiger partial charge in [-0.1, -0.05) is 64.7 Å². The van der Waals surface area contributed by atoms with Crippen LogP contribution in [0.15, 0.2) is 46.0 Å². The number of rotatable bonds is 8. The maximum atomic E-state index is 12.7. The van der Waals surface area contributed by atoms with Crippen LogP contribution in [0, 0.1) is 12.8 Å². The highest BCUT2D eigenvalue weighted by Crippen LogP contribution is 2.25.